The van der Waals surface area contributed by atoms with E-state index in [1.807, 2.05) is 13.8 Å². The molecule has 0 spiro atoms. The molecule has 1 fully saturated rings. The largest absolute Gasteiger partial charge is 0.344 e. The molecule has 1 rings (SSSR count). The summed E-state index contributed by atoms with van der Waals surface area (Å²) in [6, 6.07) is -0.0966. The predicted molar refractivity (Wildman–Crippen MR) is 100 cm³/mol. The highest BCUT2D eigenvalue weighted by molar-refractivity contribution is 7.54. The van der Waals surface area contributed by atoms with Crippen molar-refractivity contribution in [1.82, 2.24) is 5.32 Å². The lowest BCUT2D eigenvalue weighted by Gasteiger charge is -2.32. The van der Waals surface area contributed by atoms with Crippen molar-refractivity contribution < 1.29 is 27.2 Å². The zero-order valence-electron chi connectivity index (χ0n) is 16.1. The molecule has 1 N–H and O–H groups in total. The molecule has 1 aliphatic carbocycles. The molecule has 0 amide bonds. The van der Waals surface area contributed by atoms with E-state index in [2.05, 4.69) is 5.32 Å². The van der Waals surface area contributed by atoms with Gasteiger partial charge >= 0.3 is 15.2 Å². The topological polar surface area (TPSA) is 83.1 Å². The zero-order chi connectivity index (χ0) is 18.8. The Kier molecular flexibility index (Phi) is 11.1. The van der Waals surface area contributed by atoms with E-state index in [1.165, 1.54) is 0 Å². The number of nitrogens with one attached hydrogen (secondary N) is 1. The van der Waals surface area contributed by atoms with E-state index in [4.69, 9.17) is 18.1 Å². The van der Waals surface area contributed by atoms with Crippen molar-refractivity contribution in [2.45, 2.75) is 71.5 Å². The Bertz CT molecular complexity index is 442. The molecule has 2 unspecified atom stereocenters. The van der Waals surface area contributed by atoms with E-state index in [9.17, 15) is 9.13 Å². The molecule has 150 valence electrons. The summed E-state index contributed by atoms with van der Waals surface area (Å²) in [6.07, 6.45) is 4.81. The van der Waals surface area contributed by atoms with Crippen LogP contribution in [0.5, 0.6) is 0 Å². The van der Waals surface area contributed by atoms with Crippen LogP contribution in [0, 0.1) is 0 Å². The lowest BCUT2D eigenvalue weighted by atomic mass is 10.1. The molecule has 1 aliphatic rings. The highest BCUT2D eigenvalue weighted by Crippen LogP contribution is 2.57. The van der Waals surface area contributed by atoms with E-state index < -0.39 is 15.2 Å². The van der Waals surface area contributed by atoms with Gasteiger partial charge in [0.2, 0.25) is 0 Å². The first kappa shape index (κ1) is 23.3. The van der Waals surface area contributed by atoms with Gasteiger partial charge in [-0.3, -0.25) is 9.13 Å². The number of hydrogen-bond acceptors (Lipinski definition) is 7. The Balaban J connectivity index is 2.90. The smallest absolute Gasteiger partial charge is 0.309 e. The highest BCUT2D eigenvalue weighted by atomic mass is 31.2. The Morgan fingerprint density at radius 3 is 1.84 bits per heavy atom. The van der Waals surface area contributed by atoms with Gasteiger partial charge in [-0.2, -0.15) is 0 Å². The van der Waals surface area contributed by atoms with Crippen LogP contribution in [0.4, 0.5) is 0 Å². The molecule has 9 heteroatoms. The second kappa shape index (κ2) is 11.9. The van der Waals surface area contributed by atoms with Crippen LogP contribution in [0.1, 0.15) is 59.8 Å². The van der Waals surface area contributed by atoms with Crippen molar-refractivity contribution in [3.05, 3.63) is 0 Å². The molecule has 1 saturated carbocycles. The van der Waals surface area contributed by atoms with Crippen LogP contribution >= 0.6 is 15.2 Å². The maximum atomic E-state index is 13.3. The van der Waals surface area contributed by atoms with Crippen LogP contribution in [-0.4, -0.2) is 44.4 Å². The summed E-state index contributed by atoms with van der Waals surface area (Å²) in [5, 5.41) is 3.30. The van der Waals surface area contributed by atoms with Gasteiger partial charge in [-0.05, 0) is 40.5 Å². The van der Waals surface area contributed by atoms with E-state index in [0.29, 0.717) is 26.4 Å². The molecule has 25 heavy (non-hydrogen) atoms. The fourth-order valence-electron chi connectivity index (χ4n) is 3.24. The summed E-state index contributed by atoms with van der Waals surface area (Å²) in [5.41, 5.74) is -0.244. The number of rotatable bonds is 12. The average molecular weight is 399 g/mol. The molecule has 0 bridgehead atoms. The Morgan fingerprint density at radius 1 is 0.800 bits per heavy atom. The fraction of sp³-hybridized carbons (Fsp3) is 1.00. The van der Waals surface area contributed by atoms with Gasteiger partial charge in [0.05, 0.1) is 38.4 Å². The van der Waals surface area contributed by atoms with Crippen molar-refractivity contribution in [1.29, 1.82) is 0 Å². The predicted octanol–water partition coefficient (Wildman–Crippen LogP) is 4.77. The molecule has 0 saturated heterocycles. The number of hydrogen-bond donors (Lipinski definition) is 1. The second-order valence-corrected chi connectivity index (χ2v) is 10.3. The molecule has 2 atom stereocenters. The average Bonchev–Trinajstić information content (AvgIpc) is 2.80. The van der Waals surface area contributed by atoms with Crippen molar-refractivity contribution >= 4 is 15.2 Å². The van der Waals surface area contributed by atoms with Crippen LogP contribution < -0.4 is 5.32 Å². The highest BCUT2D eigenvalue weighted by Gasteiger charge is 2.42. The second-order valence-electron chi connectivity index (χ2n) is 6.00. The molecule has 0 heterocycles. The van der Waals surface area contributed by atoms with Crippen molar-refractivity contribution in [2.75, 3.05) is 32.7 Å². The molecule has 0 aromatic rings. The van der Waals surface area contributed by atoms with Crippen LogP contribution in [0.15, 0.2) is 0 Å². The molecule has 0 aromatic heterocycles. The minimum Gasteiger partial charge on any atom is -0.309 e. The SMILES string of the molecule is CCOP(=O)(CNC1CCCCCC1P(=O)(OCC)OCC)OCC. The molecule has 0 aliphatic heterocycles. The summed E-state index contributed by atoms with van der Waals surface area (Å²) in [5.74, 6) is 0. The summed E-state index contributed by atoms with van der Waals surface area (Å²) in [4.78, 5) is 0. The maximum Gasteiger partial charge on any atom is 0.344 e. The molecule has 0 radical (unpaired) electrons. The first-order chi connectivity index (χ1) is 11.9. The monoisotopic (exact) mass is 399 g/mol. The third kappa shape index (κ3) is 7.42. The van der Waals surface area contributed by atoms with Gasteiger partial charge in [-0.15, -0.1) is 0 Å². The van der Waals surface area contributed by atoms with E-state index in [-0.39, 0.29) is 18.0 Å². The lowest BCUT2D eigenvalue weighted by molar-refractivity contribution is 0.200. The normalized spacial score (nSPS) is 22.7. The summed E-state index contributed by atoms with van der Waals surface area (Å²) >= 11 is 0. The quantitative estimate of drug-likeness (QED) is 0.374. The zero-order valence-corrected chi connectivity index (χ0v) is 17.9. The van der Waals surface area contributed by atoms with Crippen LogP contribution in [0.3, 0.4) is 0 Å². The van der Waals surface area contributed by atoms with Crippen LogP contribution in [0.25, 0.3) is 0 Å². The van der Waals surface area contributed by atoms with Crippen LogP contribution in [0.2, 0.25) is 0 Å². The third-order valence-electron chi connectivity index (χ3n) is 4.20. The minimum atomic E-state index is -3.23. The van der Waals surface area contributed by atoms with Crippen LogP contribution in [-0.2, 0) is 27.2 Å². The Hall–Kier alpha value is 0.260. The van der Waals surface area contributed by atoms with Gasteiger partial charge in [0.15, 0.2) is 0 Å². The summed E-state index contributed by atoms with van der Waals surface area (Å²) < 4.78 is 47.9. The standard InChI is InChI=1S/C16H35NO6P2/c1-5-20-24(18,21-6-2)14-17-15-12-10-9-11-13-16(15)25(19,22-7-3)23-8-4/h15-17H,5-14H2,1-4H3. The van der Waals surface area contributed by atoms with E-state index in [1.54, 1.807) is 13.8 Å². The first-order valence-electron chi connectivity index (χ1n) is 9.45. The third-order valence-corrected chi connectivity index (χ3v) is 8.74. The van der Waals surface area contributed by atoms with Gasteiger partial charge in [-0.1, -0.05) is 19.3 Å². The minimum absolute atomic E-state index is 0.0966. The summed E-state index contributed by atoms with van der Waals surface area (Å²) in [6.45, 7) is 8.56. The van der Waals surface area contributed by atoms with E-state index >= 15 is 0 Å². The van der Waals surface area contributed by atoms with Gasteiger partial charge in [0.25, 0.3) is 0 Å². The molecule has 7 nitrogen and oxygen atoms in total. The maximum absolute atomic E-state index is 13.3. The van der Waals surface area contributed by atoms with E-state index in [0.717, 1.165) is 32.1 Å². The van der Waals surface area contributed by atoms with Crippen molar-refractivity contribution in [3.8, 4) is 0 Å². The van der Waals surface area contributed by atoms with Crippen molar-refractivity contribution in [2.24, 2.45) is 0 Å². The van der Waals surface area contributed by atoms with Gasteiger partial charge in [0.1, 0.15) is 0 Å². The van der Waals surface area contributed by atoms with Gasteiger partial charge in [-0.25, -0.2) is 0 Å². The Labute approximate surface area is 152 Å². The lowest BCUT2D eigenvalue weighted by Crippen LogP contribution is -2.40. The fourth-order valence-corrected chi connectivity index (χ4v) is 7.12. The molecule has 0 aromatic carbocycles. The van der Waals surface area contributed by atoms with Gasteiger partial charge < -0.3 is 23.4 Å². The molecular formula is C16H35NO6P2. The summed E-state index contributed by atoms with van der Waals surface area (Å²) in [7, 11) is -6.42. The Morgan fingerprint density at radius 2 is 1.32 bits per heavy atom. The van der Waals surface area contributed by atoms with Crippen molar-refractivity contribution in [3.63, 3.8) is 0 Å². The molecular weight excluding hydrogens is 364 g/mol. The van der Waals surface area contributed by atoms with Gasteiger partial charge in [0, 0.05) is 6.04 Å². The first-order valence-corrected chi connectivity index (χ1v) is 12.8.